The third-order valence-electron chi connectivity index (χ3n) is 4.27. The number of nitrogens with zero attached hydrogens (tertiary/aromatic N) is 2. The molecule has 3 N–H and O–H groups in total. The first kappa shape index (κ1) is 18.6. The van der Waals surface area contributed by atoms with Gasteiger partial charge in [-0.15, -0.1) is 0 Å². The third kappa shape index (κ3) is 5.10. The summed E-state index contributed by atoms with van der Waals surface area (Å²) in [5, 5.41) is 9.13. The van der Waals surface area contributed by atoms with Crippen LogP contribution in [-0.2, 0) is 14.4 Å². The van der Waals surface area contributed by atoms with Gasteiger partial charge in [-0.1, -0.05) is 0 Å². The fourth-order valence-electron chi connectivity index (χ4n) is 2.89. The predicted molar refractivity (Wildman–Crippen MR) is 91.3 cm³/mol. The van der Waals surface area contributed by atoms with E-state index >= 15 is 0 Å². The summed E-state index contributed by atoms with van der Waals surface area (Å²) < 4.78 is 5.09. The number of rotatable bonds is 7. The van der Waals surface area contributed by atoms with Gasteiger partial charge >= 0.3 is 5.97 Å². The Hall–Kier alpha value is -2.77. The first-order chi connectivity index (χ1) is 11.9. The van der Waals surface area contributed by atoms with E-state index in [-0.39, 0.29) is 31.5 Å². The van der Waals surface area contributed by atoms with E-state index in [1.54, 1.807) is 36.3 Å². The fourth-order valence-corrected chi connectivity index (χ4v) is 2.89. The molecular formula is C17H23N3O5. The smallest absolute Gasteiger partial charge is 0.323 e. The lowest BCUT2D eigenvalue weighted by atomic mass is 9.97. The average molecular weight is 349 g/mol. The Balaban J connectivity index is 2.08. The Morgan fingerprint density at radius 1 is 1.28 bits per heavy atom. The fraction of sp³-hybridized carbons (Fsp3) is 0.471. The van der Waals surface area contributed by atoms with Crippen molar-refractivity contribution >= 4 is 23.5 Å². The Morgan fingerprint density at radius 3 is 2.52 bits per heavy atom. The summed E-state index contributed by atoms with van der Waals surface area (Å²) in [6, 6.07) is 6.83. The van der Waals surface area contributed by atoms with Crippen molar-refractivity contribution in [2.24, 2.45) is 11.7 Å². The Kier molecular flexibility index (Phi) is 6.21. The van der Waals surface area contributed by atoms with Crippen molar-refractivity contribution < 1.29 is 24.2 Å². The molecule has 0 aliphatic carbocycles. The van der Waals surface area contributed by atoms with Gasteiger partial charge in [0.1, 0.15) is 12.3 Å². The molecule has 8 heteroatoms. The van der Waals surface area contributed by atoms with Crippen LogP contribution in [0.3, 0.4) is 0 Å². The number of hydrogen-bond donors (Lipinski definition) is 2. The maximum Gasteiger partial charge on any atom is 0.323 e. The van der Waals surface area contributed by atoms with Crippen LogP contribution in [-0.4, -0.2) is 61.1 Å². The highest BCUT2D eigenvalue weighted by atomic mass is 16.5. The average Bonchev–Trinajstić information content (AvgIpc) is 2.61. The van der Waals surface area contributed by atoms with Crippen LogP contribution < -0.4 is 15.4 Å². The summed E-state index contributed by atoms with van der Waals surface area (Å²) in [4.78, 5) is 38.1. The van der Waals surface area contributed by atoms with Gasteiger partial charge in [-0.05, 0) is 37.1 Å². The monoisotopic (exact) mass is 349 g/mol. The summed E-state index contributed by atoms with van der Waals surface area (Å²) in [5.41, 5.74) is 5.95. The van der Waals surface area contributed by atoms with Crippen molar-refractivity contribution in [3.8, 4) is 5.75 Å². The van der Waals surface area contributed by atoms with E-state index in [4.69, 9.17) is 15.6 Å². The molecule has 25 heavy (non-hydrogen) atoms. The second-order valence-electron chi connectivity index (χ2n) is 6.03. The van der Waals surface area contributed by atoms with Crippen molar-refractivity contribution in [2.75, 3.05) is 38.2 Å². The van der Waals surface area contributed by atoms with Gasteiger partial charge in [0.15, 0.2) is 0 Å². The van der Waals surface area contributed by atoms with Crippen LogP contribution in [0.15, 0.2) is 24.3 Å². The number of carbonyl (C=O) groups excluding carboxylic acids is 2. The molecule has 2 amide bonds. The van der Waals surface area contributed by atoms with Crippen LogP contribution in [0.2, 0.25) is 0 Å². The molecule has 0 spiro atoms. The number of nitrogens with two attached hydrogens (primary N) is 1. The lowest BCUT2D eigenvalue weighted by molar-refractivity contribution is -0.135. The van der Waals surface area contributed by atoms with E-state index in [1.165, 1.54) is 4.90 Å². The lowest BCUT2D eigenvalue weighted by Crippen LogP contribution is -2.48. The summed E-state index contributed by atoms with van der Waals surface area (Å²) in [6.07, 6.45) is 1.39. The zero-order chi connectivity index (χ0) is 18.4. The zero-order valence-corrected chi connectivity index (χ0v) is 14.2. The Morgan fingerprint density at radius 2 is 1.96 bits per heavy atom. The van der Waals surface area contributed by atoms with E-state index in [2.05, 4.69) is 0 Å². The first-order valence-electron chi connectivity index (χ1n) is 8.08. The zero-order valence-electron chi connectivity index (χ0n) is 14.2. The van der Waals surface area contributed by atoms with Crippen LogP contribution in [0.4, 0.5) is 5.69 Å². The number of benzene rings is 1. The molecule has 0 saturated carbocycles. The van der Waals surface area contributed by atoms with Crippen LogP contribution in [0.1, 0.15) is 12.8 Å². The van der Waals surface area contributed by atoms with E-state index < -0.39 is 11.9 Å². The van der Waals surface area contributed by atoms with Crippen molar-refractivity contribution in [1.82, 2.24) is 4.90 Å². The maximum atomic E-state index is 12.6. The number of methoxy groups -OCH3 is 1. The van der Waals surface area contributed by atoms with E-state index in [0.29, 0.717) is 30.8 Å². The van der Waals surface area contributed by atoms with Gasteiger partial charge in [0.25, 0.3) is 0 Å². The number of piperidine rings is 1. The Labute approximate surface area is 146 Å². The minimum absolute atomic E-state index is 0.0793. The van der Waals surface area contributed by atoms with Crippen LogP contribution in [0.25, 0.3) is 0 Å². The summed E-state index contributed by atoms with van der Waals surface area (Å²) in [7, 11) is 1.54. The second-order valence-corrected chi connectivity index (χ2v) is 6.03. The molecule has 1 aromatic carbocycles. The third-order valence-corrected chi connectivity index (χ3v) is 4.27. The molecule has 1 heterocycles. The summed E-state index contributed by atoms with van der Waals surface area (Å²) in [6.45, 7) is 0.457. The van der Waals surface area contributed by atoms with E-state index in [1.807, 2.05) is 0 Å². The number of carboxylic acids is 1. The van der Waals surface area contributed by atoms with Gasteiger partial charge in [0, 0.05) is 18.8 Å². The minimum Gasteiger partial charge on any atom is -0.497 e. The number of ether oxygens (including phenoxy) is 1. The van der Waals surface area contributed by atoms with Gasteiger partial charge in [-0.2, -0.15) is 0 Å². The van der Waals surface area contributed by atoms with Gasteiger partial charge in [0.2, 0.25) is 11.8 Å². The molecule has 1 aromatic rings. The molecule has 8 nitrogen and oxygen atoms in total. The number of aliphatic carboxylic acids is 1. The highest BCUT2D eigenvalue weighted by Gasteiger charge is 2.28. The van der Waals surface area contributed by atoms with Crippen molar-refractivity contribution in [3.63, 3.8) is 0 Å². The SMILES string of the molecule is COc1ccc(N(CC(=O)O)CC(=O)N2CCC[C@@H](C(N)=O)C2)cc1. The molecule has 1 aliphatic heterocycles. The number of likely N-dealkylation sites (tertiary alicyclic amines) is 1. The molecule has 136 valence electrons. The molecule has 1 saturated heterocycles. The lowest BCUT2D eigenvalue weighted by Gasteiger charge is -2.33. The van der Waals surface area contributed by atoms with E-state index in [0.717, 1.165) is 0 Å². The van der Waals surface area contributed by atoms with Gasteiger partial charge in [0.05, 0.1) is 19.6 Å². The number of primary amides is 1. The quantitative estimate of drug-likeness (QED) is 0.732. The van der Waals surface area contributed by atoms with Crippen LogP contribution in [0, 0.1) is 5.92 Å². The maximum absolute atomic E-state index is 12.6. The van der Waals surface area contributed by atoms with Crippen molar-refractivity contribution in [1.29, 1.82) is 0 Å². The molecule has 2 rings (SSSR count). The number of carboxylic acid groups (broad SMARTS) is 1. The van der Waals surface area contributed by atoms with Crippen molar-refractivity contribution in [2.45, 2.75) is 12.8 Å². The molecule has 0 unspecified atom stereocenters. The largest absolute Gasteiger partial charge is 0.497 e. The molecule has 0 aromatic heterocycles. The molecule has 0 radical (unpaired) electrons. The standard InChI is InChI=1S/C17H23N3O5/c1-25-14-6-4-13(5-7-14)20(11-16(22)23)10-15(21)19-8-2-3-12(9-19)17(18)24/h4-7,12H,2-3,8-11H2,1H3,(H2,18,24)(H,22,23)/t12-/m1/s1. The number of carbonyl (C=O) groups is 3. The van der Waals surface area contributed by atoms with Gasteiger partial charge in [-0.25, -0.2) is 0 Å². The van der Waals surface area contributed by atoms with Gasteiger partial charge < -0.3 is 25.4 Å². The normalized spacial score (nSPS) is 17.0. The second kappa shape index (κ2) is 8.36. The van der Waals surface area contributed by atoms with Gasteiger partial charge in [-0.3, -0.25) is 14.4 Å². The number of anilines is 1. The topological polar surface area (TPSA) is 113 Å². The molecule has 1 atom stereocenters. The Bertz CT molecular complexity index is 632. The number of hydrogen-bond acceptors (Lipinski definition) is 5. The first-order valence-corrected chi connectivity index (χ1v) is 8.08. The molecule has 1 fully saturated rings. The van der Waals surface area contributed by atoms with Crippen molar-refractivity contribution in [3.05, 3.63) is 24.3 Å². The molecule has 1 aliphatic rings. The summed E-state index contributed by atoms with van der Waals surface area (Å²) in [5.74, 6) is -1.35. The molecular weight excluding hydrogens is 326 g/mol. The minimum atomic E-state index is -1.03. The predicted octanol–water partition coefficient (Wildman–Crippen LogP) is 0.310. The van der Waals surface area contributed by atoms with Crippen LogP contribution >= 0.6 is 0 Å². The van der Waals surface area contributed by atoms with E-state index in [9.17, 15) is 14.4 Å². The summed E-state index contributed by atoms with van der Waals surface area (Å²) >= 11 is 0. The van der Waals surface area contributed by atoms with Crippen LogP contribution in [0.5, 0.6) is 5.75 Å². The highest BCUT2D eigenvalue weighted by Crippen LogP contribution is 2.20. The molecule has 0 bridgehead atoms. The highest BCUT2D eigenvalue weighted by molar-refractivity contribution is 5.85. The number of amides is 2.